The molecule has 0 unspecified atom stereocenters. The lowest BCUT2D eigenvalue weighted by Crippen LogP contribution is -2.48. The first kappa shape index (κ1) is 26.9. The molecule has 0 spiro atoms. The van der Waals surface area contributed by atoms with Crippen molar-refractivity contribution in [2.24, 2.45) is 11.8 Å². The molecule has 2 aromatic rings. The predicted molar refractivity (Wildman–Crippen MR) is 128 cm³/mol. The zero-order valence-electron chi connectivity index (χ0n) is 20.4. The molecule has 9 heteroatoms. The molecule has 9 nitrogen and oxygen atoms in total. The molecule has 0 heterocycles. The van der Waals surface area contributed by atoms with E-state index in [1.807, 2.05) is 0 Å². The summed E-state index contributed by atoms with van der Waals surface area (Å²) in [5.74, 6) is 0.0533. The molecule has 0 radical (unpaired) electrons. The molecular weight excluding hydrogens is 456 g/mol. The predicted octanol–water partition coefficient (Wildman–Crippen LogP) is 2.38. The number of benzene rings is 2. The van der Waals surface area contributed by atoms with E-state index in [0.29, 0.717) is 37.9 Å². The van der Waals surface area contributed by atoms with Crippen LogP contribution in [0.1, 0.15) is 30.4 Å². The van der Waals surface area contributed by atoms with E-state index in [4.69, 9.17) is 18.9 Å². The van der Waals surface area contributed by atoms with Gasteiger partial charge < -0.3 is 44.5 Å². The number of ether oxygens (including phenoxy) is 4. The van der Waals surface area contributed by atoms with Gasteiger partial charge in [0.15, 0.2) is 23.0 Å². The van der Waals surface area contributed by atoms with Crippen molar-refractivity contribution in [3.05, 3.63) is 41.5 Å². The lowest BCUT2D eigenvalue weighted by Gasteiger charge is -2.41. The molecular formula is C26H36O9. The van der Waals surface area contributed by atoms with Gasteiger partial charge >= 0.3 is 0 Å². The van der Waals surface area contributed by atoms with Crippen molar-refractivity contribution < 1.29 is 44.5 Å². The van der Waals surface area contributed by atoms with E-state index in [2.05, 4.69) is 0 Å². The van der Waals surface area contributed by atoms with E-state index >= 15 is 0 Å². The average molecular weight is 493 g/mol. The third-order valence-corrected chi connectivity index (χ3v) is 6.91. The van der Waals surface area contributed by atoms with Crippen molar-refractivity contribution >= 4 is 0 Å². The summed E-state index contributed by atoms with van der Waals surface area (Å²) in [7, 11) is 4.37. The Labute approximate surface area is 205 Å². The van der Waals surface area contributed by atoms with E-state index in [9.17, 15) is 25.5 Å². The van der Waals surface area contributed by atoms with Crippen LogP contribution in [-0.4, -0.2) is 72.0 Å². The molecule has 1 saturated carbocycles. The van der Waals surface area contributed by atoms with Crippen LogP contribution >= 0.6 is 0 Å². The fourth-order valence-corrected chi connectivity index (χ4v) is 5.00. The van der Waals surface area contributed by atoms with Gasteiger partial charge in [-0.2, -0.15) is 0 Å². The van der Waals surface area contributed by atoms with Crippen molar-refractivity contribution in [3.8, 4) is 28.7 Å². The molecule has 0 bridgehead atoms. The molecule has 1 fully saturated rings. The van der Waals surface area contributed by atoms with Crippen molar-refractivity contribution in [2.45, 2.75) is 50.4 Å². The van der Waals surface area contributed by atoms with Gasteiger partial charge in [0, 0.05) is 11.8 Å². The van der Waals surface area contributed by atoms with Crippen LogP contribution in [0.5, 0.6) is 28.7 Å². The molecule has 0 saturated heterocycles. The summed E-state index contributed by atoms with van der Waals surface area (Å²) in [5, 5.41) is 51.5. The van der Waals surface area contributed by atoms with Crippen molar-refractivity contribution in [2.75, 3.05) is 28.1 Å². The third kappa shape index (κ3) is 6.29. The number of aryl methyl sites for hydroxylation is 1. The molecule has 2 aromatic carbocycles. The van der Waals surface area contributed by atoms with E-state index < -0.39 is 31.0 Å². The van der Waals surface area contributed by atoms with E-state index in [0.717, 1.165) is 11.1 Å². The topological polar surface area (TPSA) is 138 Å². The summed E-state index contributed by atoms with van der Waals surface area (Å²) >= 11 is 0. The molecule has 0 aromatic heterocycles. The van der Waals surface area contributed by atoms with Gasteiger partial charge in [0.25, 0.3) is 0 Å². The Morgan fingerprint density at radius 2 is 1.51 bits per heavy atom. The highest BCUT2D eigenvalue weighted by Gasteiger charge is 2.41. The molecule has 0 aliphatic heterocycles. The summed E-state index contributed by atoms with van der Waals surface area (Å²) < 4.78 is 21.3. The first-order valence-electron chi connectivity index (χ1n) is 11.7. The van der Waals surface area contributed by atoms with Gasteiger partial charge in [-0.1, -0.05) is 6.07 Å². The van der Waals surface area contributed by atoms with Gasteiger partial charge in [0.05, 0.1) is 39.6 Å². The van der Waals surface area contributed by atoms with Crippen LogP contribution in [0.25, 0.3) is 0 Å². The molecule has 194 valence electrons. The highest BCUT2D eigenvalue weighted by molar-refractivity contribution is 5.52. The first-order valence-corrected chi connectivity index (χ1v) is 11.7. The van der Waals surface area contributed by atoms with Crippen LogP contribution < -0.4 is 14.2 Å². The van der Waals surface area contributed by atoms with Crippen LogP contribution in [0.2, 0.25) is 0 Å². The molecule has 3 rings (SSSR count). The smallest absolute Gasteiger partial charge is 0.200 e. The second-order valence-electron chi connectivity index (χ2n) is 8.90. The minimum atomic E-state index is -0.879. The van der Waals surface area contributed by atoms with Crippen molar-refractivity contribution in [1.82, 2.24) is 0 Å². The van der Waals surface area contributed by atoms with Crippen molar-refractivity contribution in [1.29, 1.82) is 0 Å². The third-order valence-electron chi connectivity index (χ3n) is 6.91. The Hall–Kier alpha value is -2.72. The number of hydrogen-bond acceptors (Lipinski definition) is 9. The molecule has 1 aliphatic carbocycles. The Morgan fingerprint density at radius 1 is 0.886 bits per heavy atom. The number of aliphatic hydroxyl groups is 3. The largest absolute Gasteiger partial charge is 0.504 e. The lowest BCUT2D eigenvalue weighted by atomic mass is 9.71. The SMILES string of the molecule is COc1cc(CC[C@H](OCO)[C@H]2CC[C@@H](O)[C@@H](Cc3cc(OC)c(O)c(OC)c3)[C@@H]2O)ccc1O. The number of phenols is 2. The fourth-order valence-electron chi connectivity index (χ4n) is 5.00. The quantitative estimate of drug-likeness (QED) is 0.299. The van der Waals surface area contributed by atoms with Gasteiger partial charge in [-0.15, -0.1) is 0 Å². The summed E-state index contributed by atoms with van der Waals surface area (Å²) in [4.78, 5) is 0. The number of rotatable bonds is 11. The van der Waals surface area contributed by atoms with Crippen molar-refractivity contribution in [3.63, 3.8) is 0 Å². The fraction of sp³-hybridized carbons (Fsp3) is 0.538. The van der Waals surface area contributed by atoms with Crippen LogP contribution in [0, 0.1) is 11.8 Å². The van der Waals surface area contributed by atoms with E-state index in [1.54, 1.807) is 30.3 Å². The monoisotopic (exact) mass is 492 g/mol. The first-order chi connectivity index (χ1) is 16.8. The Morgan fingerprint density at radius 3 is 2.11 bits per heavy atom. The number of aliphatic hydroxyl groups excluding tert-OH is 3. The van der Waals surface area contributed by atoms with Gasteiger partial charge in [-0.3, -0.25) is 0 Å². The number of phenolic OH excluding ortho intramolecular Hbond substituents is 2. The second kappa shape index (κ2) is 12.3. The van der Waals surface area contributed by atoms with Crippen LogP contribution in [0.4, 0.5) is 0 Å². The normalized spacial score (nSPS) is 23.0. The number of aromatic hydroxyl groups is 2. The standard InChI is InChI=1S/C26H36O9/c1-32-22-11-15(4-7-20(22)29)5-9-21(35-14-27)17-6-8-19(28)18(25(17)30)10-16-12-23(33-2)26(31)24(13-16)34-3/h4,7,11-13,17-19,21,25,27-31H,5-6,8-10,14H2,1-3H3/t17-,18-,19-,21+,25-/m1/s1. The second-order valence-corrected chi connectivity index (χ2v) is 8.90. The minimum Gasteiger partial charge on any atom is -0.504 e. The van der Waals surface area contributed by atoms with Gasteiger partial charge in [-0.25, -0.2) is 0 Å². The Bertz CT molecular complexity index is 939. The Kier molecular flexibility index (Phi) is 9.45. The zero-order valence-corrected chi connectivity index (χ0v) is 20.4. The number of methoxy groups -OCH3 is 3. The molecule has 35 heavy (non-hydrogen) atoms. The summed E-state index contributed by atoms with van der Waals surface area (Å²) in [6.07, 6.45) is 0.450. The molecule has 5 N–H and O–H groups in total. The minimum absolute atomic E-state index is 0.0569. The van der Waals surface area contributed by atoms with Crippen LogP contribution in [0.15, 0.2) is 30.3 Å². The van der Waals surface area contributed by atoms with E-state index in [-0.39, 0.29) is 28.9 Å². The summed E-state index contributed by atoms with van der Waals surface area (Å²) in [6.45, 7) is -0.480. The number of hydrogen-bond donors (Lipinski definition) is 5. The van der Waals surface area contributed by atoms with Gasteiger partial charge in [0.1, 0.15) is 6.79 Å². The van der Waals surface area contributed by atoms with Gasteiger partial charge in [-0.05, 0) is 67.5 Å². The van der Waals surface area contributed by atoms with E-state index in [1.165, 1.54) is 21.3 Å². The highest BCUT2D eigenvalue weighted by Crippen LogP contribution is 2.41. The maximum atomic E-state index is 11.3. The van der Waals surface area contributed by atoms with Gasteiger partial charge in [0.2, 0.25) is 5.75 Å². The zero-order chi connectivity index (χ0) is 25.5. The maximum absolute atomic E-state index is 11.3. The lowest BCUT2D eigenvalue weighted by molar-refractivity contribution is -0.136. The van der Waals surface area contributed by atoms with Crippen LogP contribution in [-0.2, 0) is 17.6 Å². The summed E-state index contributed by atoms with van der Waals surface area (Å²) in [5.41, 5.74) is 1.67. The average Bonchev–Trinajstić information content (AvgIpc) is 2.86. The Balaban J connectivity index is 1.76. The molecule has 5 atom stereocenters. The molecule has 1 aliphatic rings. The highest BCUT2D eigenvalue weighted by atomic mass is 16.6. The van der Waals surface area contributed by atoms with Crippen LogP contribution in [0.3, 0.4) is 0 Å². The molecule has 0 amide bonds. The summed E-state index contributed by atoms with van der Waals surface area (Å²) in [6, 6.07) is 8.45. The maximum Gasteiger partial charge on any atom is 0.200 e.